The Kier molecular flexibility index (Phi) is 5.40. The van der Waals surface area contributed by atoms with E-state index >= 15 is 0 Å². The van der Waals surface area contributed by atoms with Crippen LogP contribution >= 0.6 is 0 Å². The number of imidazole rings is 1. The van der Waals surface area contributed by atoms with Gasteiger partial charge < -0.3 is 19.4 Å². The Morgan fingerprint density at radius 3 is 2.66 bits per heavy atom. The van der Waals surface area contributed by atoms with Gasteiger partial charge >= 0.3 is 0 Å². The summed E-state index contributed by atoms with van der Waals surface area (Å²) in [5, 5.41) is 7.94. The molecule has 8 nitrogen and oxygen atoms in total. The fourth-order valence-electron chi connectivity index (χ4n) is 3.42. The molecule has 0 fully saturated rings. The largest absolute Gasteiger partial charge is 0.497 e. The third-order valence-electron chi connectivity index (χ3n) is 5.01. The fourth-order valence-corrected chi connectivity index (χ4v) is 3.42. The maximum Gasteiger partial charge on any atom is 0.247 e. The number of anilines is 2. The molecule has 0 aliphatic rings. The normalized spacial score (nSPS) is 10.9. The summed E-state index contributed by atoms with van der Waals surface area (Å²) >= 11 is 0. The second kappa shape index (κ2) is 8.81. The van der Waals surface area contributed by atoms with E-state index in [4.69, 9.17) is 9.47 Å². The summed E-state index contributed by atoms with van der Waals surface area (Å²) in [6, 6.07) is 21.6. The SMILES string of the molecule is COc1ccc(-c2cccc3nc(Nc4cccc(OCCn5ccnc5)c4)nn23)cc1. The van der Waals surface area contributed by atoms with Gasteiger partial charge in [-0.1, -0.05) is 12.1 Å². The summed E-state index contributed by atoms with van der Waals surface area (Å²) < 4.78 is 14.9. The van der Waals surface area contributed by atoms with Crippen LogP contribution in [0.15, 0.2) is 85.5 Å². The summed E-state index contributed by atoms with van der Waals surface area (Å²) in [4.78, 5) is 8.65. The van der Waals surface area contributed by atoms with Crippen molar-refractivity contribution in [2.75, 3.05) is 19.0 Å². The average Bonchev–Trinajstić information content (AvgIpc) is 3.49. The number of nitrogens with zero attached hydrogens (tertiary/aromatic N) is 5. The van der Waals surface area contributed by atoms with Crippen LogP contribution in [0.4, 0.5) is 11.6 Å². The van der Waals surface area contributed by atoms with Gasteiger partial charge in [-0.05, 0) is 48.5 Å². The zero-order valence-electron chi connectivity index (χ0n) is 17.5. The Balaban J connectivity index is 1.33. The van der Waals surface area contributed by atoms with Crippen molar-refractivity contribution in [3.05, 3.63) is 85.5 Å². The van der Waals surface area contributed by atoms with Crippen LogP contribution in [-0.2, 0) is 6.54 Å². The van der Waals surface area contributed by atoms with Gasteiger partial charge in [0.25, 0.3) is 0 Å². The molecular formula is C24H22N6O2. The van der Waals surface area contributed by atoms with Crippen LogP contribution in [0.25, 0.3) is 16.9 Å². The first-order valence-corrected chi connectivity index (χ1v) is 10.2. The van der Waals surface area contributed by atoms with E-state index in [-0.39, 0.29) is 0 Å². The van der Waals surface area contributed by atoms with Crippen molar-refractivity contribution >= 4 is 17.3 Å². The van der Waals surface area contributed by atoms with Crippen molar-refractivity contribution in [3.63, 3.8) is 0 Å². The van der Waals surface area contributed by atoms with Gasteiger partial charge in [0, 0.05) is 29.7 Å². The molecule has 0 spiro atoms. The number of hydrogen-bond donors (Lipinski definition) is 1. The Morgan fingerprint density at radius 1 is 0.969 bits per heavy atom. The quantitative estimate of drug-likeness (QED) is 0.396. The van der Waals surface area contributed by atoms with Crippen molar-refractivity contribution in [1.82, 2.24) is 24.1 Å². The van der Waals surface area contributed by atoms with Crippen LogP contribution in [0.1, 0.15) is 0 Å². The second-order valence-corrected chi connectivity index (χ2v) is 7.15. The lowest BCUT2D eigenvalue weighted by Gasteiger charge is -2.08. The smallest absolute Gasteiger partial charge is 0.247 e. The number of hydrogen-bond acceptors (Lipinski definition) is 6. The maximum atomic E-state index is 5.87. The van der Waals surface area contributed by atoms with Crippen molar-refractivity contribution < 1.29 is 9.47 Å². The van der Waals surface area contributed by atoms with Crippen LogP contribution in [0, 0.1) is 0 Å². The molecule has 0 amide bonds. The molecule has 2 aromatic carbocycles. The van der Waals surface area contributed by atoms with Crippen molar-refractivity contribution in [3.8, 4) is 22.8 Å². The van der Waals surface area contributed by atoms with E-state index in [0.717, 1.165) is 40.6 Å². The maximum absolute atomic E-state index is 5.87. The predicted molar refractivity (Wildman–Crippen MR) is 122 cm³/mol. The highest BCUT2D eigenvalue weighted by atomic mass is 16.5. The molecule has 32 heavy (non-hydrogen) atoms. The molecule has 0 unspecified atom stereocenters. The fraction of sp³-hybridized carbons (Fsp3) is 0.125. The highest BCUT2D eigenvalue weighted by Gasteiger charge is 2.10. The molecule has 0 aliphatic heterocycles. The minimum absolute atomic E-state index is 0.515. The van der Waals surface area contributed by atoms with Crippen molar-refractivity contribution in [2.45, 2.75) is 6.54 Å². The standard InChI is InChI=1S/C24H22N6O2/c1-31-20-10-8-18(9-11-20)22-6-3-7-23-27-24(28-30(22)23)26-19-4-2-5-21(16-19)32-15-14-29-13-12-25-17-29/h2-13,16-17H,14-15H2,1H3,(H,26,28). The summed E-state index contributed by atoms with van der Waals surface area (Å²) in [5.74, 6) is 2.10. The van der Waals surface area contributed by atoms with E-state index < -0.39 is 0 Å². The lowest BCUT2D eigenvalue weighted by Crippen LogP contribution is -2.06. The number of benzene rings is 2. The number of nitrogens with one attached hydrogen (secondary N) is 1. The van der Waals surface area contributed by atoms with E-state index in [9.17, 15) is 0 Å². The first-order valence-electron chi connectivity index (χ1n) is 10.2. The van der Waals surface area contributed by atoms with E-state index in [1.54, 1.807) is 19.6 Å². The molecule has 5 rings (SSSR count). The zero-order chi connectivity index (χ0) is 21.8. The van der Waals surface area contributed by atoms with Gasteiger partial charge in [-0.2, -0.15) is 4.98 Å². The highest BCUT2D eigenvalue weighted by Crippen LogP contribution is 2.25. The van der Waals surface area contributed by atoms with Crippen LogP contribution < -0.4 is 14.8 Å². The second-order valence-electron chi connectivity index (χ2n) is 7.15. The van der Waals surface area contributed by atoms with Gasteiger partial charge in [0.2, 0.25) is 5.95 Å². The van der Waals surface area contributed by atoms with Crippen LogP contribution in [0.2, 0.25) is 0 Å². The number of rotatable bonds is 8. The first kappa shape index (κ1) is 19.6. The summed E-state index contributed by atoms with van der Waals surface area (Å²) in [5.41, 5.74) is 3.59. The molecule has 3 heterocycles. The van der Waals surface area contributed by atoms with Gasteiger partial charge in [0.15, 0.2) is 5.65 Å². The Hall–Kier alpha value is -4.33. The Bertz CT molecular complexity index is 1310. The summed E-state index contributed by atoms with van der Waals surface area (Å²) in [7, 11) is 1.66. The number of aromatic nitrogens is 5. The van der Waals surface area contributed by atoms with Gasteiger partial charge in [-0.25, -0.2) is 9.50 Å². The molecule has 5 aromatic rings. The molecule has 3 aromatic heterocycles. The zero-order valence-corrected chi connectivity index (χ0v) is 17.5. The van der Waals surface area contributed by atoms with Crippen LogP contribution in [0.3, 0.4) is 0 Å². The van der Waals surface area contributed by atoms with Gasteiger partial charge in [0.1, 0.15) is 18.1 Å². The molecule has 0 saturated heterocycles. The summed E-state index contributed by atoms with van der Waals surface area (Å²) in [6.07, 6.45) is 5.44. The highest BCUT2D eigenvalue weighted by molar-refractivity contribution is 5.65. The lowest BCUT2D eigenvalue weighted by atomic mass is 10.1. The van der Waals surface area contributed by atoms with Crippen molar-refractivity contribution in [1.29, 1.82) is 0 Å². The minimum Gasteiger partial charge on any atom is -0.497 e. The molecule has 0 bridgehead atoms. The lowest BCUT2D eigenvalue weighted by molar-refractivity contribution is 0.298. The molecule has 0 saturated carbocycles. The number of methoxy groups -OCH3 is 1. The third-order valence-corrected chi connectivity index (χ3v) is 5.01. The molecule has 8 heteroatoms. The van der Waals surface area contributed by atoms with E-state index in [2.05, 4.69) is 20.4 Å². The number of ether oxygens (including phenoxy) is 2. The topological polar surface area (TPSA) is 78.5 Å². The Labute approximate surface area is 185 Å². The van der Waals surface area contributed by atoms with Gasteiger partial charge in [0.05, 0.1) is 25.7 Å². The summed E-state index contributed by atoms with van der Waals surface area (Å²) in [6.45, 7) is 1.29. The first-order chi connectivity index (χ1) is 15.8. The monoisotopic (exact) mass is 426 g/mol. The number of pyridine rings is 1. The third kappa shape index (κ3) is 4.24. The van der Waals surface area contributed by atoms with Gasteiger partial charge in [-0.15, -0.1) is 5.10 Å². The van der Waals surface area contributed by atoms with E-state index in [1.807, 2.05) is 82.0 Å². The molecular weight excluding hydrogens is 404 g/mol. The molecule has 0 radical (unpaired) electrons. The van der Waals surface area contributed by atoms with Crippen LogP contribution in [-0.4, -0.2) is 37.9 Å². The van der Waals surface area contributed by atoms with Crippen molar-refractivity contribution in [2.24, 2.45) is 0 Å². The molecule has 0 atom stereocenters. The number of fused-ring (bicyclic) bond motifs is 1. The molecule has 1 N–H and O–H groups in total. The average molecular weight is 426 g/mol. The predicted octanol–water partition coefficient (Wildman–Crippen LogP) is 4.42. The van der Waals surface area contributed by atoms with E-state index in [1.165, 1.54) is 0 Å². The Morgan fingerprint density at radius 2 is 1.84 bits per heavy atom. The minimum atomic E-state index is 0.515. The van der Waals surface area contributed by atoms with E-state index in [0.29, 0.717) is 12.6 Å². The molecule has 160 valence electrons. The van der Waals surface area contributed by atoms with Crippen LogP contribution in [0.5, 0.6) is 11.5 Å². The molecule has 0 aliphatic carbocycles. The van der Waals surface area contributed by atoms with Gasteiger partial charge in [-0.3, -0.25) is 0 Å².